The minimum absolute atomic E-state index is 0.226. The Bertz CT molecular complexity index is 279. The number of aryl methyl sites for hydroxylation is 1. The molecule has 1 heterocycles. The van der Waals surface area contributed by atoms with Crippen molar-refractivity contribution in [3.8, 4) is 0 Å². The number of hydrogen-bond acceptors (Lipinski definition) is 2. The molecule has 0 fully saturated rings. The molecule has 0 aliphatic carbocycles. The van der Waals surface area contributed by atoms with Gasteiger partial charge in [0.05, 0.1) is 16.4 Å². The van der Waals surface area contributed by atoms with E-state index in [4.69, 9.17) is 5.73 Å². The van der Waals surface area contributed by atoms with Crippen LogP contribution in [0.15, 0.2) is 10.7 Å². The van der Waals surface area contributed by atoms with E-state index in [2.05, 4.69) is 28.0 Å². The van der Waals surface area contributed by atoms with E-state index < -0.39 is 0 Å². The minimum Gasteiger partial charge on any atom is -0.325 e. The summed E-state index contributed by atoms with van der Waals surface area (Å²) >= 11 is 3.47. The number of aromatic nitrogens is 2. The maximum atomic E-state index is 6.05. The van der Waals surface area contributed by atoms with Gasteiger partial charge in [0.1, 0.15) is 0 Å². The minimum atomic E-state index is -0.226. The summed E-state index contributed by atoms with van der Waals surface area (Å²) in [5.74, 6) is 0.273. The van der Waals surface area contributed by atoms with Gasteiger partial charge in [0.25, 0.3) is 0 Å². The molecule has 3 nitrogen and oxygen atoms in total. The topological polar surface area (TPSA) is 43.8 Å². The van der Waals surface area contributed by atoms with Gasteiger partial charge in [-0.1, -0.05) is 6.92 Å². The molecular weight excluding hydrogens is 230 g/mol. The first-order chi connectivity index (χ1) is 5.84. The maximum absolute atomic E-state index is 6.05. The first-order valence-electron chi connectivity index (χ1n) is 4.30. The summed E-state index contributed by atoms with van der Waals surface area (Å²) in [5, 5.41) is 4.16. The van der Waals surface area contributed by atoms with Crippen molar-refractivity contribution in [1.29, 1.82) is 0 Å². The largest absolute Gasteiger partial charge is 0.325 e. The molecule has 0 radical (unpaired) electrons. The highest BCUT2D eigenvalue weighted by molar-refractivity contribution is 9.10. The highest BCUT2D eigenvalue weighted by Crippen LogP contribution is 2.30. The van der Waals surface area contributed by atoms with E-state index in [9.17, 15) is 0 Å². The Labute approximate surface area is 87.4 Å². The molecule has 74 valence electrons. The zero-order valence-corrected chi connectivity index (χ0v) is 10.1. The molecule has 1 atom stereocenters. The van der Waals surface area contributed by atoms with Crippen LogP contribution in [-0.4, -0.2) is 15.3 Å². The van der Waals surface area contributed by atoms with E-state index in [1.807, 2.05) is 25.6 Å². The Hall–Kier alpha value is -0.350. The molecular formula is C9H16BrN3. The lowest BCUT2D eigenvalue weighted by atomic mass is 9.87. The third-order valence-corrected chi connectivity index (χ3v) is 3.07. The third kappa shape index (κ3) is 2.11. The van der Waals surface area contributed by atoms with Crippen LogP contribution in [0.1, 0.15) is 32.4 Å². The molecule has 0 amide bonds. The number of nitrogens with two attached hydrogens (primary N) is 1. The Morgan fingerprint density at radius 3 is 2.46 bits per heavy atom. The molecule has 1 unspecified atom stereocenters. The van der Waals surface area contributed by atoms with Crippen molar-refractivity contribution in [2.45, 2.75) is 32.2 Å². The van der Waals surface area contributed by atoms with Gasteiger partial charge in [-0.2, -0.15) is 5.10 Å². The van der Waals surface area contributed by atoms with Crippen LogP contribution in [0, 0.1) is 0 Å². The molecule has 13 heavy (non-hydrogen) atoms. The SMILES string of the molecule is CC(c1c(Br)cnn1C)C(C)(C)N. The Morgan fingerprint density at radius 1 is 1.62 bits per heavy atom. The summed E-state index contributed by atoms with van der Waals surface area (Å²) in [6.07, 6.45) is 1.80. The molecule has 0 bridgehead atoms. The van der Waals surface area contributed by atoms with E-state index in [0.717, 1.165) is 10.2 Å². The van der Waals surface area contributed by atoms with Gasteiger partial charge in [-0.25, -0.2) is 0 Å². The van der Waals surface area contributed by atoms with Gasteiger partial charge in [0.15, 0.2) is 0 Å². The Kier molecular flexibility index (Phi) is 2.82. The van der Waals surface area contributed by atoms with Crippen molar-refractivity contribution in [3.63, 3.8) is 0 Å². The summed E-state index contributed by atoms with van der Waals surface area (Å²) in [6.45, 7) is 6.16. The van der Waals surface area contributed by atoms with Gasteiger partial charge in [-0.15, -0.1) is 0 Å². The first kappa shape index (κ1) is 10.7. The van der Waals surface area contributed by atoms with Crippen LogP contribution in [0.2, 0.25) is 0 Å². The molecule has 0 aromatic carbocycles. The van der Waals surface area contributed by atoms with Gasteiger partial charge >= 0.3 is 0 Å². The summed E-state index contributed by atoms with van der Waals surface area (Å²) in [7, 11) is 1.93. The fourth-order valence-corrected chi connectivity index (χ4v) is 1.95. The van der Waals surface area contributed by atoms with Gasteiger partial charge in [0, 0.05) is 18.5 Å². The molecule has 0 saturated carbocycles. The number of nitrogens with zero attached hydrogens (tertiary/aromatic N) is 2. The Morgan fingerprint density at radius 2 is 2.15 bits per heavy atom. The van der Waals surface area contributed by atoms with Crippen LogP contribution in [0.3, 0.4) is 0 Å². The average molecular weight is 246 g/mol. The normalized spacial score (nSPS) is 14.6. The van der Waals surface area contributed by atoms with Gasteiger partial charge in [0.2, 0.25) is 0 Å². The van der Waals surface area contributed by atoms with Crippen LogP contribution in [0.4, 0.5) is 0 Å². The fraction of sp³-hybridized carbons (Fsp3) is 0.667. The summed E-state index contributed by atoms with van der Waals surface area (Å²) in [6, 6.07) is 0. The lowest BCUT2D eigenvalue weighted by Gasteiger charge is -2.27. The molecule has 1 aromatic heterocycles. The fourth-order valence-electron chi connectivity index (χ4n) is 1.26. The smallest absolute Gasteiger partial charge is 0.0635 e. The quantitative estimate of drug-likeness (QED) is 0.867. The van der Waals surface area contributed by atoms with Crippen molar-refractivity contribution >= 4 is 15.9 Å². The number of hydrogen-bond donors (Lipinski definition) is 1. The standard InChI is InChI=1S/C9H16BrN3/c1-6(9(2,3)11)8-7(10)5-12-13(8)4/h5-6H,11H2,1-4H3. The van der Waals surface area contributed by atoms with Crippen LogP contribution in [0.5, 0.6) is 0 Å². The van der Waals surface area contributed by atoms with Crippen molar-refractivity contribution in [3.05, 3.63) is 16.4 Å². The van der Waals surface area contributed by atoms with Crippen molar-refractivity contribution in [1.82, 2.24) is 9.78 Å². The zero-order valence-electron chi connectivity index (χ0n) is 8.50. The highest BCUT2D eigenvalue weighted by atomic mass is 79.9. The second-order valence-electron chi connectivity index (χ2n) is 4.04. The molecule has 0 saturated heterocycles. The molecule has 1 rings (SSSR count). The van der Waals surface area contributed by atoms with Crippen LogP contribution < -0.4 is 5.73 Å². The van der Waals surface area contributed by atoms with Crippen molar-refractivity contribution in [2.24, 2.45) is 12.8 Å². The first-order valence-corrected chi connectivity index (χ1v) is 5.09. The lowest BCUT2D eigenvalue weighted by Crippen LogP contribution is -2.38. The van der Waals surface area contributed by atoms with E-state index in [0.29, 0.717) is 0 Å². The molecule has 2 N–H and O–H groups in total. The second kappa shape index (κ2) is 3.42. The zero-order chi connectivity index (χ0) is 10.2. The maximum Gasteiger partial charge on any atom is 0.0635 e. The predicted molar refractivity (Wildman–Crippen MR) is 57.6 cm³/mol. The summed E-state index contributed by atoms with van der Waals surface area (Å²) in [4.78, 5) is 0. The van der Waals surface area contributed by atoms with E-state index in [1.165, 1.54) is 0 Å². The lowest BCUT2D eigenvalue weighted by molar-refractivity contribution is 0.414. The van der Waals surface area contributed by atoms with E-state index in [1.54, 1.807) is 6.20 Å². The monoisotopic (exact) mass is 245 g/mol. The van der Waals surface area contributed by atoms with Gasteiger partial charge < -0.3 is 5.73 Å². The van der Waals surface area contributed by atoms with E-state index in [-0.39, 0.29) is 11.5 Å². The summed E-state index contributed by atoms with van der Waals surface area (Å²) < 4.78 is 2.89. The summed E-state index contributed by atoms with van der Waals surface area (Å²) in [5.41, 5.74) is 6.97. The highest BCUT2D eigenvalue weighted by Gasteiger charge is 2.26. The van der Waals surface area contributed by atoms with Crippen molar-refractivity contribution in [2.75, 3.05) is 0 Å². The van der Waals surface area contributed by atoms with Gasteiger partial charge in [-0.05, 0) is 29.8 Å². The predicted octanol–water partition coefficient (Wildman–Crippen LogP) is 2.02. The second-order valence-corrected chi connectivity index (χ2v) is 4.90. The molecule has 1 aromatic rings. The molecule has 0 aliphatic rings. The van der Waals surface area contributed by atoms with E-state index >= 15 is 0 Å². The Balaban J connectivity index is 3.08. The van der Waals surface area contributed by atoms with Crippen molar-refractivity contribution < 1.29 is 0 Å². The molecule has 0 aliphatic heterocycles. The molecule has 4 heteroatoms. The number of halogens is 1. The number of rotatable bonds is 2. The van der Waals surface area contributed by atoms with Crippen LogP contribution >= 0.6 is 15.9 Å². The van der Waals surface area contributed by atoms with Gasteiger partial charge in [-0.3, -0.25) is 4.68 Å². The average Bonchev–Trinajstić information content (AvgIpc) is 2.28. The third-order valence-electron chi connectivity index (χ3n) is 2.46. The van der Waals surface area contributed by atoms with Crippen LogP contribution in [0.25, 0.3) is 0 Å². The molecule has 0 spiro atoms. The van der Waals surface area contributed by atoms with Crippen LogP contribution in [-0.2, 0) is 7.05 Å².